The van der Waals surface area contributed by atoms with Gasteiger partial charge < -0.3 is 14.2 Å². The van der Waals surface area contributed by atoms with Gasteiger partial charge in [0.15, 0.2) is 11.5 Å². The molecule has 3 aromatic rings. The van der Waals surface area contributed by atoms with Gasteiger partial charge in [0.2, 0.25) is 0 Å². The molecule has 0 atom stereocenters. The number of ether oxygens (including phenoxy) is 3. The van der Waals surface area contributed by atoms with Crippen molar-refractivity contribution in [2.24, 2.45) is 0 Å². The molecule has 0 N–H and O–H groups in total. The summed E-state index contributed by atoms with van der Waals surface area (Å²) in [6.07, 6.45) is 2.33. The predicted octanol–water partition coefficient (Wildman–Crippen LogP) is 4.18. The Morgan fingerprint density at radius 3 is 2.34 bits per heavy atom. The third-order valence-corrected chi connectivity index (χ3v) is 4.87. The minimum Gasteiger partial charge on any atom is -0.494 e. The maximum absolute atomic E-state index is 12.9. The summed E-state index contributed by atoms with van der Waals surface area (Å²) in [6.45, 7) is 7.50. The topological polar surface area (TPSA) is 62.6 Å². The van der Waals surface area contributed by atoms with Crippen LogP contribution in [0.25, 0.3) is 10.8 Å². The molecule has 0 aliphatic heterocycles. The van der Waals surface area contributed by atoms with Crippen LogP contribution in [0.15, 0.2) is 47.4 Å². The van der Waals surface area contributed by atoms with Gasteiger partial charge in [0.25, 0.3) is 5.56 Å². The van der Waals surface area contributed by atoms with E-state index in [-0.39, 0.29) is 11.0 Å². The second-order valence-corrected chi connectivity index (χ2v) is 7.91. The van der Waals surface area contributed by atoms with E-state index in [4.69, 9.17) is 14.2 Å². The molecule has 0 spiro atoms. The molecule has 3 rings (SSSR count). The second-order valence-electron chi connectivity index (χ2n) is 7.91. The zero-order chi connectivity index (χ0) is 21.0. The van der Waals surface area contributed by atoms with Crippen molar-refractivity contribution >= 4 is 10.8 Å². The largest absolute Gasteiger partial charge is 0.494 e. The summed E-state index contributed by atoms with van der Waals surface area (Å²) in [7, 11) is 3.08. The van der Waals surface area contributed by atoms with Crippen LogP contribution in [0.4, 0.5) is 0 Å². The van der Waals surface area contributed by atoms with Crippen molar-refractivity contribution in [2.75, 3.05) is 20.8 Å². The molecule has 0 aliphatic carbocycles. The average molecular weight is 396 g/mol. The van der Waals surface area contributed by atoms with E-state index in [0.717, 1.165) is 11.1 Å². The lowest BCUT2D eigenvalue weighted by atomic mass is 9.87. The molecule has 29 heavy (non-hydrogen) atoms. The van der Waals surface area contributed by atoms with Crippen LogP contribution in [-0.4, -0.2) is 30.6 Å². The Balaban J connectivity index is 1.68. The van der Waals surface area contributed by atoms with Crippen LogP contribution < -0.4 is 19.8 Å². The van der Waals surface area contributed by atoms with E-state index in [2.05, 4.69) is 38.0 Å². The lowest BCUT2D eigenvalue weighted by Gasteiger charge is -2.19. The number of methoxy groups -OCH3 is 2. The number of aryl methyl sites for hydroxylation is 1. The van der Waals surface area contributed by atoms with Crippen molar-refractivity contribution in [1.29, 1.82) is 0 Å². The normalized spacial score (nSPS) is 11.5. The standard InChI is InChI=1S/C23H28N2O4/c1-23(2,3)17-8-10-18(11-9-17)29-14-6-13-25-22(26)20-16(15-24-25)7-12-19(27-4)21(20)28-5/h7-12,15H,6,13-14H2,1-5H3. The molecule has 0 saturated carbocycles. The Bertz CT molecular complexity index is 1030. The Morgan fingerprint density at radius 2 is 1.72 bits per heavy atom. The van der Waals surface area contributed by atoms with E-state index in [1.165, 1.54) is 17.4 Å². The number of hydrogen-bond acceptors (Lipinski definition) is 5. The van der Waals surface area contributed by atoms with Gasteiger partial charge in [0.1, 0.15) is 5.75 Å². The third kappa shape index (κ3) is 4.53. The highest BCUT2D eigenvalue weighted by Crippen LogP contribution is 2.32. The Morgan fingerprint density at radius 1 is 1.00 bits per heavy atom. The lowest BCUT2D eigenvalue weighted by Crippen LogP contribution is -2.24. The van der Waals surface area contributed by atoms with Crippen LogP contribution in [0.3, 0.4) is 0 Å². The fourth-order valence-electron chi connectivity index (χ4n) is 3.20. The predicted molar refractivity (Wildman–Crippen MR) is 114 cm³/mol. The van der Waals surface area contributed by atoms with Gasteiger partial charge in [-0.05, 0) is 35.2 Å². The van der Waals surface area contributed by atoms with E-state index in [1.807, 2.05) is 12.1 Å². The highest BCUT2D eigenvalue weighted by molar-refractivity contribution is 5.89. The van der Waals surface area contributed by atoms with Gasteiger partial charge in [-0.3, -0.25) is 4.79 Å². The van der Waals surface area contributed by atoms with Gasteiger partial charge >= 0.3 is 0 Å². The van der Waals surface area contributed by atoms with E-state index < -0.39 is 0 Å². The van der Waals surface area contributed by atoms with Crippen molar-refractivity contribution in [3.05, 3.63) is 58.5 Å². The second kappa shape index (κ2) is 8.55. The summed E-state index contributed by atoms with van der Waals surface area (Å²) in [5.74, 6) is 1.78. The number of hydrogen-bond donors (Lipinski definition) is 0. The highest BCUT2D eigenvalue weighted by atomic mass is 16.5. The number of benzene rings is 2. The van der Waals surface area contributed by atoms with Crippen molar-refractivity contribution < 1.29 is 14.2 Å². The Labute approximate surface area is 171 Å². The highest BCUT2D eigenvalue weighted by Gasteiger charge is 2.15. The Hall–Kier alpha value is -3.02. The molecular formula is C23H28N2O4. The molecule has 2 aromatic carbocycles. The molecule has 0 aliphatic rings. The quantitative estimate of drug-likeness (QED) is 0.561. The van der Waals surface area contributed by atoms with Crippen LogP contribution >= 0.6 is 0 Å². The zero-order valence-electron chi connectivity index (χ0n) is 17.7. The summed E-state index contributed by atoms with van der Waals surface area (Å²) in [5.41, 5.74) is 1.18. The smallest absolute Gasteiger partial charge is 0.278 e. The fraction of sp³-hybridized carbons (Fsp3) is 0.391. The number of rotatable bonds is 7. The summed E-state index contributed by atoms with van der Waals surface area (Å²) in [5, 5.41) is 5.47. The van der Waals surface area contributed by atoms with Crippen molar-refractivity contribution in [3.8, 4) is 17.2 Å². The summed E-state index contributed by atoms with van der Waals surface area (Å²) >= 11 is 0. The van der Waals surface area contributed by atoms with Gasteiger partial charge in [0.05, 0.1) is 32.4 Å². The van der Waals surface area contributed by atoms with Crippen molar-refractivity contribution in [2.45, 2.75) is 39.2 Å². The monoisotopic (exact) mass is 396 g/mol. The molecule has 154 valence electrons. The fourth-order valence-corrected chi connectivity index (χ4v) is 3.20. The van der Waals surface area contributed by atoms with Gasteiger partial charge in [-0.1, -0.05) is 32.9 Å². The minimum atomic E-state index is -0.201. The summed E-state index contributed by atoms with van der Waals surface area (Å²) in [4.78, 5) is 12.9. The SMILES string of the molecule is COc1ccc2cnn(CCCOc3ccc(C(C)(C)C)cc3)c(=O)c2c1OC. The molecule has 0 radical (unpaired) electrons. The first-order chi connectivity index (χ1) is 13.8. The molecule has 0 amide bonds. The van der Waals surface area contributed by atoms with Gasteiger partial charge in [-0.25, -0.2) is 4.68 Å². The van der Waals surface area contributed by atoms with Crippen LogP contribution in [-0.2, 0) is 12.0 Å². The number of nitrogens with zero attached hydrogens (tertiary/aromatic N) is 2. The minimum absolute atomic E-state index is 0.116. The van der Waals surface area contributed by atoms with Crippen molar-refractivity contribution in [3.63, 3.8) is 0 Å². The van der Waals surface area contributed by atoms with Gasteiger partial charge in [-0.2, -0.15) is 5.10 Å². The molecule has 6 heteroatoms. The van der Waals surface area contributed by atoms with Crippen LogP contribution in [0.1, 0.15) is 32.8 Å². The summed E-state index contributed by atoms with van der Waals surface area (Å²) < 4.78 is 18.0. The molecule has 0 fully saturated rings. The van der Waals surface area contributed by atoms with Crippen molar-refractivity contribution in [1.82, 2.24) is 9.78 Å². The zero-order valence-corrected chi connectivity index (χ0v) is 17.7. The molecule has 1 aromatic heterocycles. The first kappa shape index (κ1) is 20.7. The van der Waals surface area contributed by atoms with E-state index in [1.54, 1.807) is 25.4 Å². The molecule has 1 heterocycles. The van der Waals surface area contributed by atoms with Crippen LogP contribution in [0.2, 0.25) is 0 Å². The molecule has 6 nitrogen and oxygen atoms in total. The molecular weight excluding hydrogens is 368 g/mol. The van der Waals surface area contributed by atoms with Gasteiger partial charge in [0, 0.05) is 18.4 Å². The number of fused-ring (bicyclic) bond motifs is 1. The Kier molecular flexibility index (Phi) is 6.11. The van der Waals surface area contributed by atoms with E-state index >= 15 is 0 Å². The first-order valence-corrected chi connectivity index (χ1v) is 9.69. The van der Waals surface area contributed by atoms with E-state index in [0.29, 0.717) is 36.5 Å². The summed E-state index contributed by atoms with van der Waals surface area (Å²) in [6, 6.07) is 11.7. The number of aromatic nitrogens is 2. The van der Waals surface area contributed by atoms with Gasteiger partial charge in [-0.15, -0.1) is 0 Å². The lowest BCUT2D eigenvalue weighted by molar-refractivity contribution is 0.297. The van der Waals surface area contributed by atoms with Crippen LogP contribution in [0.5, 0.6) is 17.2 Å². The first-order valence-electron chi connectivity index (χ1n) is 9.69. The van der Waals surface area contributed by atoms with Crippen LogP contribution in [0, 0.1) is 0 Å². The average Bonchev–Trinajstić information content (AvgIpc) is 2.71. The molecule has 0 unspecified atom stereocenters. The molecule has 0 saturated heterocycles. The maximum Gasteiger partial charge on any atom is 0.278 e. The van der Waals surface area contributed by atoms with E-state index in [9.17, 15) is 4.79 Å². The maximum atomic E-state index is 12.9. The third-order valence-electron chi connectivity index (χ3n) is 4.87. The molecule has 0 bridgehead atoms.